The molecular formula is C20H21N3O2. The first kappa shape index (κ1) is 16.8. The van der Waals surface area contributed by atoms with Crippen molar-refractivity contribution in [2.45, 2.75) is 25.8 Å². The third-order valence-electron chi connectivity index (χ3n) is 3.96. The molecule has 0 radical (unpaired) electrons. The Kier molecular flexibility index (Phi) is 5.46. The normalized spacial score (nSPS) is 10.6. The van der Waals surface area contributed by atoms with Crippen LogP contribution in [0.5, 0.6) is 0 Å². The molecule has 0 aliphatic carbocycles. The number of nitrogens with one attached hydrogen (secondary N) is 1. The Bertz CT molecular complexity index is 828. The fraction of sp³-hybridized carbons (Fsp3) is 0.200. The number of furan rings is 1. The third kappa shape index (κ3) is 4.70. The lowest BCUT2D eigenvalue weighted by atomic mass is 10.1. The van der Waals surface area contributed by atoms with Crippen LogP contribution in [0.2, 0.25) is 0 Å². The maximum Gasteiger partial charge on any atom is 0.255 e. The molecule has 0 bridgehead atoms. The Hall–Kier alpha value is -3.08. The summed E-state index contributed by atoms with van der Waals surface area (Å²) in [5.74, 6) is 1.63. The van der Waals surface area contributed by atoms with Crippen LogP contribution < -0.4 is 11.1 Å². The summed E-state index contributed by atoms with van der Waals surface area (Å²) in [6, 6.07) is 17.6. The fourth-order valence-corrected chi connectivity index (χ4v) is 2.64. The van der Waals surface area contributed by atoms with Gasteiger partial charge in [0.15, 0.2) is 0 Å². The number of aromatic nitrogens is 1. The molecule has 0 saturated heterocycles. The van der Waals surface area contributed by atoms with Crippen molar-refractivity contribution in [2.75, 3.05) is 5.73 Å². The zero-order valence-corrected chi connectivity index (χ0v) is 13.9. The van der Waals surface area contributed by atoms with E-state index < -0.39 is 0 Å². The lowest BCUT2D eigenvalue weighted by Crippen LogP contribution is -2.23. The van der Waals surface area contributed by atoms with E-state index in [-0.39, 0.29) is 11.7 Å². The van der Waals surface area contributed by atoms with E-state index in [1.807, 2.05) is 18.2 Å². The molecule has 3 aromatic rings. The summed E-state index contributed by atoms with van der Waals surface area (Å²) in [4.78, 5) is 16.0. The van der Waals surface area contributed by atoms with Gasteiger partial charge in [0, 0.05) is 12.6 Å². The molecule has 0 atom stereocenters. The van der Waals surface area contributed by atoms with E-state index in [1.54, 1.807) is 18.3 Å². The van der Waals surface area contributed by atoms with Crippen LogP contribution in [0.3, 0.4) is 0 Å². The molecule has 0 saturated carbocycles. The number of hydrogen-bond donors (Lipinski definition) is 2. The highest BCUT2D eigenvalue weighted by Crippen LogP contribution is 2.13. The van der Waals surface area contributed by atoms with Gasteiger partial charge in [0.1, 0.15) is 17.3 Å². The predicted octanol–water partition coefficient (Wildman–Crippen LogP) is 3.36. The fourth-order valence-electron chi connectivity index (χ4n) is 2.64. The number of anilines is 1. The number of pyridine rings is 1. The third-order valence-corrected chi connectivity index (χ3v) is 3.96. The minimum atomic E-state index is -0.257. The molecule has 2 aromatic heterocycles. The van der Waals surface area contributed by atoms with Crippen molar-refractivity contribution in [2.24, 2.45) is 0 Å². The second kappa shape index (κ2) is 8.15. The highest BCUT2D eigenvalue weighted by molar-refractivity contribution is 5.98. The van der Waals surface area contributed by atoms with Gasteiger partial charge in [-0.1, -0.05) is 30.3 Å². The summed E-state index contributed by atoms with van der Waals surface area (Å²) in [6.07, 6.45) is 4.47. The first-order chi connectivity index (χ1) is 12.2. The van der Waals surface area contributed by atoms with Gasteiger partial charge in [0.2, 0.25) is 0 Å². The van der Waals surface area contributed by atoms with Gasteiger partial charge in [-0.05, 0) is 42.7 Å². The van der Waals surface area contributed by atoms with Crippen LogP contribution in [0.25, 0.3) is 0 Å². The highest BCUT2D eigenvalue weighted by atomic mass is 16.3. The molecule has 25 heavy (non-hydrogen) atoms. The SMILES string of the molecule is Nc1ncccc1C(=O)NCc1ccc(CCCc2ccccc2)o1. The lowest BCUT2D eigenvalue weighted by molar-refractivity contribution is 0.0948. The summed E-state index contributed by atoms with van der Waals surface area (Å²) in [5.41, 5.74) is 7.40. The number of carbonyl (C=O) groups excluding carboxylic acids is 1. The number of amides is 1. The largest absolute Gasteiger partial charge is 0.464 e. The second-order valence-electron chi connectivity index (χ2n) is 5.83. The molecular weight excluding hydrogens is 314 g/mol. The first-order valence-electron chi connectivity index (χ1n) is 8.32. The van der Waals surface area contributed by atoms with Crippen molar-refractivity contribution in [3.05, 3.63) is 83.4 Å². The Balaban J connectivity index is 1.47. The van der Waals surface area contributed by atoms with Crippen molar-refractivity contribution >= 4 is 11.7 Å². The van der Waals surface area contributed by atoms with Gasteiger partial charge in [0.05, 0.1) is 12.1 Å². The predicted molar refractivity (Wildman–Crippen MR) is 97.0 cm³/mol. The molecule has 0 aliphatic rings. The Morgan fingerprint density at radius 2 is 1.80 bits per heavy atom. The molecule has 1 aromatic carbocycles. The number of nitrogens with two attached hydrogens (primary N) is 1. The van der Waals surface area contributed by atoms with E-state index in [2.05, 4.69) is 34.6 Å². The van der Waals surface area contributed by atoms with Crippen LogP contribution in [0.1, 0.15) is 33.9 Å². The topological polar surface area (TPSA) is 81.1 Å². The second-order valence-corrected chi connectivity index (χ2v) is 5.83. The van der Waals surface area contributed by atoms with Gasteiger partial charge < -0.3 is 15.5 Å². The number of nitrogen functional groups attached to an aromatic ring is 1. The Labute approximate surface area is 146 Å². The van der Waals surface area contributed by atoms with Gasteiger partial charge in [-0.25, -0.2) is 4.98 Å². The minimum absolute atomic E-state index is 0.223. The molecule has 0 fully saturated rings. The van der Waals surface area contributed by atoms with Gasteiger partial charge in [-0.3, -0.25) is 4.79 Å². The van der Waals surface area contributed by atoms with Crippen LogP contribution >= 0.6 is 0 Å². The summed E-state index contributed by atoms with van der Waals surface area (Å²) < 4.78 is 5.78. The summed E-state index contributed by atoms with van der Waals surface area (Å²) in [7, 11) is 0. The summed E-state index contributed by atoms with van der Waals surface area (Å²) in [5, 5.41) is 2.80. The van der Waals surface area contributed by atoms with Crippen LogP contribution in [-0.2, 0) is 19.4 Å². The lowest BCUT2D eigenvalue weighted by Gasteiger charge is -2.05. The number of hydrogen-bond acceptors (Lipinski definition) is 4. The van der Waals surface area contributed by atoms with E-state index in [1.165, 1.54) is 5.56 Å². The van der Waals surface area contributed by atoms with E-state index in [9.17, 15) is 4.79 Å². The molecule has 3 rings (SSSR count). The number of carbonyl (C=O) groups is 1. The van der Waals surface area contributed by atoms with Crippen LogP contribution in [0.15, 0.2) is 65.2 Å². The van der Waals surface area contributed by atoms with E-state index in [4.69, 9.17) is 10.2 Å². The molecule has 3 N–H and O–H groups in total. The maximum atomic E-state index is 12.1. The number of benzene rings is 1. The standard InChI is InChI=1S/C20H21N3O2/c21-19-18(10-5-13-22-19)20(24)23-14-17-12-11-16(25-17)9-4-8-15-6-2-1-3-7-15/h1-3,5-7,10-13H,4,8-9,14H2,(H2,21,22)(H,23,24). The van der Waals surface area contributed by atoms with E-state index >= 15 is 0 Å². The zero-order chi connectivity index (χ0) is 17.5. The van der Waals surface area contributed by atoms with Crippen molar-refractivity contribution in [1.29, 1.82) is 0 Å². The monoisotopic (exact) mass is 335 g/mol. The van der Waals surface area contributed by atoms with E-state index in [0.717, 1.165) is 30.8 Å². The van der Waals surface area contributed by atoms with Gasteiger partial charge in [0.25, 0.3) is 5.91 Å². The maximum absolute atomic E-state index is 12.1. The molecule has 5 heteroatoms. The van der Waals surface area contributed by atoms with Crippen molar-refractivity contribution in [3.8, 4) is 0 Å². The Morgan fingerprint density at radius 1 is 1.00 bits per heavy atom. The molecule has 2 heterocycles. The average molecular weight is 335 g/mol. The molecule has 0 spiro atoms. The number of aryl methyl sites for hydroxylation is 2. The molecule has 1 amide bonds. The Morgan fingerprint density at radius 3 is 2.60 bits per heavy atom. The van der Waals surface area contributed by atoms with E-state index in [0.29, 0.717) is 12.1 Å². The van der Waals surface area contributed by atoms with Crippen molar-refractivity contribution in [1.82, 2.24) is 10.3 Å². The van der Waals surface area contributed by atoms with Crippen LogP contribution in [-0.4, -0.2) is 10.9 Å². The van der Waals surface area contributed by atoms with Crippen molar-refractivity contribution in [3.63, 3.8) is 0 Å². The first-order valence-corrected chi connectivity index (χ1v) is 8.32. The zero-order valence-electron chi connectivity index (χ0n) is 13.9. The molecule has 5 nitrogen and oxygen atoms in total. The molecule has 0 aliphatic heterocycles. The summed E-state index contributed by atoms with van der Waals surface area (Å²) >= 11 is 0. The van der Waals surface area contributed by atoms with Crippen molar-refractivity contribution < 1.29 is 9.21 Å². The average Bonchev–Trinajstić information content (AvgIpc) is 3.09. The highest BCUT2D eigenvalue weighted by Gasteiger charge is 2.10. The van der Waals surface area contributed by atoms with Gasteiger partial charge in [-0.2, -0.15) is 0 Å². The quantitative estimate of drug-likeness (QED) is 0.694. The number of nitrogens with zero attached hydrogens (tertiary/aromatic N) is 1. The smallest absolute Gasteiger partial charge is 0.255 e. The van der Waals surface area contributed by atoms with Gasteiger partial charge >= 0.3 is 0 Å². The molecule has 128 valence electrons. The molecule has 0 unspecified atom stereocenters. The minimum Gasteiger partial charge on any atom is -0.464 e. The summed E-state index contributed by atoms with van der Waals surface area (Å²) in [6.45, 7) is 0.325. The van der Waals surface area contributed by atoms with Crippen LogP contribution in [0, 0.1) is 0 Å². The van der Waals surface area contributed by atoms with Gasteiger partial charge in [-0.15, -0.1) is 0 Å². The van der Waals surface area contributed by atoms with Crippen LogP contribution in [0.4, 0.5) is 5.82 Å². The number of rotatable bonds is 7.